The third-order valence-electron chi connectivity index (χ3n) is 5.26. The zero-order valence-corrected chi connectivity index (χ0v) is 17.0. The van der Waals surface area contributed by atoms with Crippen LogP contribution in [0, 0.1) is 5.92 Å². The van der Waals surface area contributed by atoms with Crippen LogP contribution in [0.25, 0.3) is 11.5 Å². The van der Waals surface area contributed by atoms with E-state index >= 15 is 0 Å². The molecule has 0 radical (unpaired) electrons. The van der Waals surface area contributed by atoms with E-state index in [1.54, 1.807) is 32.6 Å². The number of piperidine rings is 1. The summed E-state index contributed by atoms with van der Waals surface area (Å²) in [5.41, 5.74) is 1.40. The van der Waals surface area contributed by atoms with E-state index in [4.69, 9.17) is 13.9 Å². The highest BCUT2D eigenvalue weighted by molar-refractivity contribution is 5.93. The average Bonchev–Trinajstić information content (AvgIpc) is 3.34. The van der Waals surface area contributed by atoms with Gasteiger partial charge in [-0.05, 0) is 49.2 Å². The molecule has 8 heteroatoms. The molecule has 0 aliphatic carbocycles. The lowest BCUT2D eigenvalue weighted by Crippen LogP contribution is -2.38. The Morgan fingerprint density at radius 1 is 1.07 bits per heavy atom. The molecule has 1 aromatic carbocycles. The molecule has 1 N–H and O–H groups in total. The highest BCUT2D eigenvalue weighted by atomic mass is 16.5. The molecule has 3 heterocycles. The van der Waals surface area contributed by atoms with Gasteiger partial charge in [-0.3, -0.25) is 4.79 Å². The minimum absolute atomic E-state index is 0.0149. The summed E-state index contributed by atoms with van der Waals surface area (Å²) in [6.45, 7) is 1.50. The first kappa shape index (κ1) is 19.8. The summed E-state index contributed by atoms with van der Waals surface area (Å²) in [5, 5.41) is 11.6. The van der Waals surface area contributed by atoms with E-state index in [-0.39, 0.29) is 11.8 Å². The maximum atomic E-state index is 12.7. The van der Waals surface area contributed by atoms with Crippen LogP contribution in [0.15, 0.2) is 53.1 Å². The van der Waals surface area contributed by atoms with E-state index in [2.05, 4.69) is 20.4 Å². The van der Waals surface area contributed by atoms with Gasteiger partial charge in [0.05, 0.1) is 20.5 Å². The monoisotopic (exact) mass is 408 g/mol. The Bertz CT molecular complexity index is 981. The van der Waals surface area contributed by atoms with Crippen molar-refractivity contribution < 1.29 is 18.7 Å². The van der Waals surface area contributed by atoms with Crippen LogP contribution >= 0.6 is 0 Å². The molecule has 1 amide bonds. The second kappa shape index (κ2) is 8.86. The maximum Gasteiger partial charge on any atom is 0.227 e. The van der Waals surface area contributed by atoms with Crippen LogP contribution < -0.4 is 19.7 Å². The molecule has 1 fully saturated rings. The second-order valence-corrected chi connectivity index (χ2v) is 7.07. The van der Waals surface area contributed by atoms with Crippen molar-refractivity contribution in [3.8, 4) is 23.0 Å². The number of ether oxygens (including phenoxy) is 2. The number of carbonyl (C=O) groups is 1. The second-order valence-electron chi connectivity index (χ2n) is 7.07. The quantitative estimate of drug-likeness (QED) is 0.666. The lowest BCUT2D eigenvalue weighted by atomic mass is 9.95. The number of benzene rings is 1. The van der Waals surface area contributed by atoms with Crippen molar-refractivity contribution in [2.45, 2.75) is 12.8 Å². The third-order valence-corrected chi connectivity index (χ3v) is 5.26. The average molecular weight is 408 g/mol. The highest BCUT2D eigenvalue weighted by Gasteiger charge is 2.26. The fourth-order valence-corrected chi connectivity index (χ4v) is 3.58. The molecule has 0 bridgehead atoms. The van der Waals surface area contributed by atoms with Gasteiger partial charge in [0.25, 0.3) is 0 Å². The summed E-state index contributed by atoms with van der Waals surface area (Å²) in [7, 11) is 3.15. The molecule has 1 aliphatic rings. The van der Waals surface area contributed by atoms with Gasteiger partial charge in [0, 0.05) is 30.8 Å². The van der Waals surface area contributed by atoms with Gasteiger partial charge in [-0.25, -0.2) is 0 Å². The molecule has 0 saturated carbocycles. The molecule has 30 heavy (non-hydrogen) atoms. The number of hydrogen-bond donors (Lipinski definition) is 1. The molecule has 0 unspecified atom stereocenters. The van der Waals surface area contributed by atoms with Gasteiger partial charge >= 0.3 is 0 Å². The number of anilines is 2. The Morgan fingerprint density at radius 3 is 2.50 bits per heavy atom. The predicted molar refractivity (Wildman–Crippen MR) is 113 cm³/mol. The van der Waals surface area contributed by atoms with Crippen molar-refractivity contribution in [2.24, 2.45) is 5.92 Å². The van der Waals surface area contributed by atoms with Gasteiger partial charge in [0.15, 0.2) is 23.1 Å². The van der Waals surface area contributed by atoms with Crippen molar-refractivity contribution in [3.63, 3.8) is 0 Å². The lowest BCUT2D eigenvalue weighted by Gasteiger charge is -2.31. The standard InChI is InChI=1S/C22H24N4O4/c1-28-19-7-5-16(14-20(19)29-2)23-22(27)15-9-11-26(12-10-15)21-8-6-17(24-25-21)18-4-3-13-30-18/h3-8,13-15H,9-12H2,1-2H3,(H,23,27). The molecule has 3 aromatic rings. The van der Waals surface area contributed by atoms with Gasteiger partial charge in [-0.2, -0.15) is 0 Å². The third kappa shape index (κ3) is 4.22. The van der Waals surface area contributed by atoms with Gasteiger partial charge in [0.2, 0.25) is 5.91 Å². The molecule has 2 aromatic heterocycles. The summed E-state index contributed by atoms with van der Waals surface area (Å²) >= 11 is 0. The first-order chi connectivity index (χ1) is 14.7. The number of amides is 1. The van der Waals surface area contributed by atoms with Crippen LogP contribution in [0.1, 0.15) is 12.8 Å². The van der Waals surface area contributed by atoms with Gasteiger partial charge in [-0.15, -0.1) is 10.2 Å². The Labute approximate surface area is 174 Å². The Hall–Kier alpha value is -3.55. The molecule has 0 atom stereocenters. The summed E-state index contributed by atoms with van der Waals surface area (Å²) in [4.78, 5) is 14.9. The fraction of sp³-hybridized carbons (Fsp3) is 0.318. The van der Waals surface area contributed by atoms with E-state index in [1.165, 1.54) is 0 Å². The van der Waals surface area contributed by atoms with Crippen LogP contribution in [0.2, 0.25) is 0 Å². The van der Waals surface area contributed by atoms with Gasteiger partial charge < -0.3 is 24.1 Å². The van der Waals surface area contributed by atoms with E-state index in [1.807, 2.05) is 30.3 Å². The zero-order valence-electron chi connectivity index (χ0n) is 17.0. The van der Waals surface area contributed by atoms with Crippen molar-refractivity contribution in [3.05, 3.63) is 48.7 Å². The van der Waals surface area contributed by atoms with E-state index < -0.39 is 0 Å². The molecule has 1 saturated heterocycles. The smallest absolute Gasteiger partial charge is 0.227 e. The normalized spacial score (nSPS) is 14.4. The first-order valence-electron chi connectivity index (χ1n) is 9.83. The molecule has 156 valence electrons. The summed E-state index contributed by atoms with van der Waals surface area (Å²) in [6, 6.07) is 12.9. The fourth-order valence-electron chi connectivity index (χ4n) is 3.58. The zero-order chi connectivity index (χ0) is 20.9. The Balaban J connectivity index is 1.33. The molecular weight excluding hydrogens is 384 g/mol. The number of methoxy groups -OCH3 is 2. The van der Waals surface area contributed by atoms with E-state index in [0.29, 0.717) is 28.6 Å². The summed E-state index contributed by atoms with van der Waals surface area (Å²) in [5.74, 6) is 2.68. The number of carbonyl (C=O) groups excluding carboxylic acids is 1. The predicted octanol–water partition coefficient (Wildman–Crippen LogP) is 3.61. The van der Waals surface area contributed by atoms with Gasteiger partial charge in [0.1, 0.15) is 5.69 Å². The van der Waals surface area contributed by atoms with Crippen molar-refractivity contribution in [1.29, 1.82) is 0 Å². The molecule has 1 aliphatic heterocycles. The number of furan rings is 1. The van der Waals surface area contributed by atoms with Crippen LogP contribution in [-0.4, -0.2) is 43.4 Å². The van der Waals surface area contributed by atoms with E-state index in [9.17, 15) is 4.79 Å². The molecule has 8 nitrogen and oxygen atoms in total. The molecule has 4 rings (SSSR count). The van der Waals surface area contributed by atoms with Crippen LogP contribution in [-0.2, 0) is 4.79 Å². The van der Waals surface area contributed by atoms with Crippen molar-refractivity contribution in [1.82, 2.24) is 10.2 Å². The number of nitrogens with one attached hydrogen (secondary N) is 1. The Morgan fingerprint density at radius 2 is 1.87 bits per heavy atom. The van der Waals surface area contributed by atoms with Crippen molar-refractivity contribution in [2.75, 3.05) is 37.5 Å². The lowest BCUT2D eigenvalue weighted by molar-refractivity contribution is -0.120. The number of aromatic nitrogens is 2. The SMILES string of the molecule is COc1ccc(NC(=O)C2CCN(c3ccc(-c4ccco4)nn3)CC2)cc1OC. The Kier molecular flexibility index (Phi) is 5.83. The maximum absolute atomic E-state index is 12.7. The molecule has 0 spiro atoms. The van der Waals surface area contributed by atoms with Gasteiger partial charge in [-0.1, -0.05) is 0 Å². The summed E-state index contributed by atoms with van der Waals surface area (Å²) in [6.07, 6.45) is 3.12. The van der Waals surface area contributed by atoms with E-state index in [0.717, 1.165) is 31.7 Å². The largest absolute Gasteiger partial charge is 0.493 e. The minimum atomic E-state index is -0.0512. The van der Waals surface area contributed by atoms with Crippen LogP contribution in [0.4, 0.5) is 11.5 Å². The van der Waals surface area contributed by atoms with Crippen LogP contribution in [0.3, 0.4) is 0 Å². The van der Waals surface area contributed by atoms with Crippen LogP contribution in [0.5, 0.6) is 11.5 Å². The molecular formula is C22H24N4O4. The number of nitrogens with zero attached hydrogens (tertiary/aromatic N) is 3. The van der Waals surface area contributed by atoms with Crippen molar-refractivity contribution >= 4 is 17.4 Å². The summed E-state index contributed by atoms with van der Waals surface area (Å²) < 4.78 is 15.9. The highest BCUT2D eigenvalue weighted by Crippen LogP contribution is 2.30. The number of hydrogen-bond acceptors (Lipinski definition) is 7. The topological polar surface area (TPSA) is 89.7 Å². The minimum Gasteiger partial charge on any atom is -0.493 e. The number of rotatable bonds is 6. The first-order valence-corrected chi connectivity index (χ1v) is 9.83.